The van der Waals surface area contributed by atoms with Gasteiger partial charge in [-0.25, -0.2) is 9.78 Å². The zero-order valence-electron chi connectivity index (χ0n) is 18.0. The number of esters is 1. The molecule has 1 heterocycles. The standard InChI is InChI=1S/C27H22N2O4/c1-33-27(32)24(29-26(31)23-16-15-19-7-5-6-10-22(19)28-23)17-18-11-13-21(14-12-18)25(30)20-8-3-2-4-9-20/h2-16,24H,17H2,1H3,(H,29,31)/t24-/m0/s1. The number of ether oxygens (including phenoxy) is 1. The number of amides is 1. The number of methoxy groups -OCH3 is 1. The van der Waals surface area contributed by atoms with Crippen molar-refractivity contribution in [1.82, 2.24) is 10.3 Å². The monoisotopic (exact) mass is 438 g/mol. The Bertz CT molecular complexity index is 1300. The van der Waals surface area contributed by atoms with Crippen molar-refractivity contribution in [2.45, 2.75) is 12.5 Å². The predicted molar refractivity (Wildman–Crippen MR) is 125 cm³/mol. The van der Waals surface area contributed by atoms with E-state index in [1.807, 2.05) is 48.5 Å². The first-order valence-electron chi connectivity index (χ1n) is 10.5. The number of carbonyl (C=O) groups is 3. The summed E-state index contributed by atoms with van der Waals surface area (Å²) in [6, 6.07) is 26.0. The molecule has 0 saturated carbocycles. The van der Waals surface area contributed by atoms with Crippen molar-refractivity contribution >= 4 is 28.6 Å². The highest BCUT2D eigenvalue weighted by atomic mass is 16.5. The summed E-state index contributed by atoms with van der Waals surface area (Å²) in [5.41, 5.74) is 2.84. The van der Waals surface area contributed by atoms with E-state index in [1.165, 1.54) is 7.11 Å². The number of hydrogen-bond acceptors (Lipinski definition) is 5. The quantitative estimate of drug-likeness (QED) is 0.348. The summed E-state index contributed by atoms with van der Waals surface area (Å²) in [5.74, 6) is -1.11. The molecule has 0 unspecified atom stereocenters. The number of fused-ring (bicyclic) bond motifs is 1. The number of benzene rings is 3. The second kappa shape index (κ2) is 9.87. The van der Waals surface area contributed by atoms with Crippen LogP contribution in [0.5, 0.6) is 0 Å². The molecule has 0 bridgehead atoms. The van der Waals surface area contributed by atoms with Crippen LogP contribution in [0.1, 0.15) is 32.0 Å². The Morgan fingerprint density at radius 3 is 2.21 bits per heavy atom. The summed E-state index contributed by atoms with van der Waals surface area (Å²) in [7, 11) is 1.28. The van der Waals surface area contributed by atoms with Gasteiger partial charge < -0.3 is 10.1 Å². The third-order valence-electron chi connectivity index (χ3n) is 5.31. The fourth-order valence-electron chi connectivity index (χ4n) is 3.54. The van der Waals surface area contributed by atoms with Gasteiger partial charge in [0.1, 0.15) is 11.7 Å². The summed E-state index contributed by atoms with van der Waals surface area (Å²) in [6.45, 7) is 0. The second-order valence-corrected chi connectivity index (χ2v) is 7.53. The summed E-state index contributed by atoms with van der Waals surface area (Å²) in [4.78, 5) is 42.1. The van der Waals surface area contributed by atoms with Crippen LogP contribution in [0.2, 0.25) is 0 Å². The zero-order chi connectivity index (χ0) is 23.2. The van der Waals surface area contributed by atoms with Crippen molar-refractivity contribution in [3.63, 3.8) is 0 Å². The fourth-order valence-corrected chi connectivity index (χ4v) is 3.54. The Morgan fingerprint density at radius 2 is 1.48 bits per heavy atom. The smallest absolute Gasteiger partial charge is 0.328 e. The molecule has 0 fully saturated rings. The fraction of sp³-hybridized carbons (Fsp3) is 0.111. The highest BCUT2D eigenvalue weighted by Gasteiger charge is 2.23. The van der Waals surface area contributed by atoms with Gasteiger partial charge in [0.15, 0.2) is 5.78 Å². The molecule has 33 heavy (non-hydrogen) atoms. The number of hydrogen-bond donors (Lipinski definition) is 1. The molecule has 4 rings (SSSR count). The van der Waals surface area contributed by atoms with Crippen molar-refractivity contribution < 1.29 is 19.1 Å². The first kappa shape index (κ1) is 21.9. The summed E-state index contributed by atoms with van der Waals surface area (Å²) in [6.07, 6.45) is 0.214. The number of nitrogens with one attached hydrogen (secondary N) is 1. The Balaban J connectivity index is 1.49. The first-order chi connectivity index (χ1) is 16.0. The number of aromatic nitrogens is 1. The SMILES string of the molecule is COC(=O)[C@H](Cc1ccc(C(=O)c2ccccc2)cc1)NC(=O)c1ccc2ccccc2n1. The maximum atomic E-state index is 12.8. The molecule has 1 aromatic heterocycles. The Morgan fingerprint density at radius 1 is 0.818 bits per heavy atom. The third-order valence-corrected chi connectivity index (χ3v) is 5.31. The lowest BCUT2D eigenvalue weighted by Crippen LogP contribution is -2.43. The minimum atomic E-state index is -0.897. The van der Waals surface area contributed by atoms with Crippen molar-refractivity contribution in [1.29, 1.82) is 0 Å². The van der Waals surface area contributed by atoms with Crippen molar-refractivity contribution in [3.05, 3.63) is 113 Å². The topological polar surface area (TPSA) is 85.4 Å². The molecule has 3 aromatic carbocycles. The molecule has 0 aliphatic heterocycles. The molecule has 1 amide bonds. The van der Waals surface area contributed by atoms with Crippen LogP contribution in [0, 0.1) is 0 Å². The largest absolute Gasteiger partial charge is 0.467 e. The van der Waals surface area contributed by atoms with Crippen molar-refractivity contribution in [2.24, 2.45) is 0 Å². The number of para-hydroxylation sites is 1. The molecular formula is C27H22N2O4. The van der Waals surface area contributed by atoms with Gasteiger partial charge in [-0.2, -0.15) is 0 Å². The molecule has 164 valence electrons. The number of rotatable bonds is 7. The van der Waals surface area contributed by atoms with Gasteiger partial charge in [-0.05, 0) is 17.7 Å². The minimum absolute atomic E-state index is 0.0812. The van der Waals surface area contributed by atoms with Crippen LogP contribution in [0.4, 0.5) is 0 Å². The van der Waals surface area contributed by atoms with Crippen LogP contribution in [-0.4, -0.2) is 35.8 Å². The molecule has 0 saturated heterocycles. The molecule has 4 aromatic rings. The van der Waals surface area contributed by atoms with Crippen LogP contribution in [0.3, 0.4) is 0 Å². The van der Waals surface area contributed by atoms with Crippen molar-refractivity contribution in [3.8, 4) is 0 Å². The van der Waals surface area contributed by atoms with Gasteiger partial charge in [0.2, 0.25) is 0 Å². The maximum absolute atomic E-state index is 12.8. The molecular weight excluding hydrogens is 416 g/mol. The van der Waals surface area contributed by atoms with Gasteiger partial charge >= 0.3 is 5.97 Å². The normalized spacial score (nSPS) is 11.5. The van der Waals surface area contributed by atoms with Gasteiger partial charge in [0.25, 0.3) is 5.91 Å². The van der Waals surface area contributed by atoms with Gasteiger partial charge in [-0.1, -0.05) is 78.9 Å². The van der Waals surface area contributed by atoms with Crippen molar-refractivity contribution in [2.75, 3.05) is 7.11 Å². The van der Waals surface area contributed by atoms with E-state index in [-0.39, 0.29) is 17.9 Å². The lowest BCUT2D eigenvalue weighted by molar-refractivity contribution is -0.142. The van der Waals surface area contributed by atoms with Gasteiger partial charge in [-0.3, -0.25) is 9.59 Å². The summed E-state index contributed by atoms with van der Waals surface area (Å²) < 4.78 is 4.88. The Labute approximate surface area is 191 Å². The average molecular weight is 438 g/mol. The predicted octanol–water partition coefficient (Wildman–Crippen LogP) is 3.98. The number of pyridine rings is 1. The lowest BCUT2D eigenvalue weighted by Gasteiger charge is -2.17. The zero-order valence-corrected chi connectivity index (χ0v) is 18.0. The first-order valence-corrected chi connectivity index (χ1v) is 10.5. The van der Waals surface area contributed by atoms with Crippen LogP contribution < -0.4 is 5.32 Å². The van der Waals surface area contributed by atoms with E-state index in [2.05, 4.69) is 10.3 Å². The van der Waals surface area contributed by atoms with Crippen LogP contribution in [0.25, 0.3) is 10.9 Å². The van der Waals surface area contributed by atoms with Crippen LogP contribution in [0.15, 0.2) is 91.0 Å². The summed E-state index contributed by atoms with van der Waals surface area (Å²) >= 11 is 0. The number of carbonyl (C=O) groups excluding carboxylic acids is 3. The highest BCUT2D eigenvalue weighted by molar-refractivity contribution is 6.09. The average Bonchev–Trinajstić information content (AvgIpc) is 2.88. The molecule has 0 aliphatic rings. The van der Waals surface area contributed by atoms with E-state index in [0.29, 0.717) is 16.6 Å². The Hall–Kier alpha value is -4.32. The molecule has 0 spiro atoms. The van der Waals surface area contributed by atoms with Crippen LogP contribution >= 0.6 is 0 Å². The molecule has 6 heteroatoms. The Kier molecular flexibility index (Phi) is 6.55. The maximum Gasteiger partial charge on any atom is 0.328 e. The lowest BCUT2D eigenvalue weighted by atomic mass is 9.99. The molecule has 6 nitrogen and oxygen atoms in total. The van der Waals surface area contributed by atoms with Gasteiger partial charge in [0.05, 0.1) is 12.6 Å². The molecule has 1 atom stereocenters. The number of nitrogens with zero attached hydrogens (tertiary/aromatic N) is 1. The molecule has 0 aliphatic carbocycles. The summed E-state index contributed by atoms with van der Waals surface area (Å²) in [5, 5.41) is 3.64. The van der Waals surface area contributed by atoms with E-state index in [1.54, 1.807) is 42.5 Å². The molecule has 1 N–H and O–H groups in total. The van der Waals surface area contributed by atoms with Gasteiger partial charge in [-0.15, -0.1) is 0 Å². The van der Waals surface area contributed by atoms with E-state index < -0.39 is 17.9 Å². The van der Waals surface area contributed by atoms with Crippen LogP contribution in [-0.2, 0) is 16.0 Å². The van der Waals surface area contributed by atoms with E-state index >= 15 is 0 Å². The second-order valence-electron chi connectivity index (χ2n) is 7.53. The minimum Gasteiger partial charge on any atom is -0.467 e. The molecule has 0 radical (unpaired) electrons. The highest BCUT2D eigenvalue weighted by Crippen LogP contribution is 2.14. The van der Waals surface area contributed by atoms with E-state index in [9.17, 15) is 14.4 Å². The third kappa shape index (κ3) is 5.13. The van der Waals surface area contributed by atoms with E-state index in [0.717, 1.165) is 10.9 Å². The van der Waals surface area contributed by atoms with E-state index in [4.69, 9.17) is 4.74 Å². The van der Waals surface area contributed by atoms with Gasteiger partial charge in [0, 0.05) is 22.9 Å². The number of ketones is 1.